The van der Waals surface area contributed by atoms with E-state index in [-0.39, 0.29) is 46.7 Å². The van der Waals surface area contributed by atoms with E-state index in [2.05, 4.69) is 6.08 Å². The smallest absolute Gasteiger partial charge is 0.343 e. The van der Waals surface area contributed by atoms with Crippen LogP contribution in [0, 0.1) is 18.8 Å². The largest absolute Gasteiger partial charge is 0.507 e. The second-order valence-electron chi connectivity index (χ2n) is 10.4. The molecule has 0 spiro atoms. The van der Waals surface area contributed by atoms with E-state index < -0.39 is 24.2 Å². The van der Waals surface area contributed by atoms with Crippen LogP contribution in [0.3, 0.4) is 0 Å². The third-order valence-electron chi connectivity index (χ3n) is 8.20. The number of amides is 1. The van der Waals surface area contributed by atoms with Gasteiger partial charge in [-0.05, 0) is 64.5 Å². The van der Waals surface area contributed by atoms with Crippen molar-refractivity contribution in [1.82, 2.24) is 4.90 Å². The number of carbonyl (C=O) groups excluding carboxylic acids is 2. The zero-order valence-corrected chi connectivity index (χ0v) is 21.7. The minimum Gasteiger partial charge on any atom is -0.507 e. The van der Waals surface area contributed by atoms with Crippen LogP contribution < -0.4 is 4.74 Å². The molecule has 36 heavy (non-hydrogen) atoms. The molecule has 0 saturated carbocycles. The first-order chi connectivity index (χ1) is 17.1. The van der Waals surface area contributed by atoms with Gasteiger partial charge in [-0.15, -0.1) is 0 Å². The molecule has 0 bridgehead atoms. The first-order valence-electron chi connectivity index (χ1n) is 13.0. The number of unbranched alkanes of at least 4 members (excludes halogenated alkanes) is 2. The van der Waals surface area contributed by atoms with Crippen molar-refractivity contribution in [3.05, 3.63) is 34.4 Å². The number of likely N-dealkylation sites (tertiary alicyclic amines) is 1. The summed E-state index contributed by atoms with van der Waals surface area (Å²) in [5.74, 6) is -3.00. The van der Waals surface area contributed by atoms with Gasteiger partial charge < -0.3 is 24.6 Å². The van der Waals surface area contributed by atoms with E-state index in [4.69, 9.17) is 9.47 Å². The predicted octanol–water partition coefficient (Wildman–Crippen LogP) is 4.87. The summed E-state index contributed by atoms with van der Waals surface area (Å²) >= 11 is 0. The number of fused-ring (bicyclic) bond motifs is 2. The number of hydrogen-bond acceptors (Lipinski definition) is 6. The maximum atomic E-state index is 13.4. The van der Waals surface area contributed by atoms with E-state index >= 15 is 0 Å². The number of rotatable bonds is 8. The summed E-state index contributed by atoms with van der Waals surface area (Å²) in [7, 11) is 0. The third-order valence-corrected chi connectivity index (χ3v) is 8.20. The lowest BCUT2D eigenvalue weighted by Gasteiger charge is -2.46. The lowest BCUT2D eigenvalue weighted by Crippen LogP contribution is -2.50. The van der Waals surface area contributed by atoms with Crippen LogP contribution in [0.15, 0.2) is 12.2 Å². The molecule has 1 aromatic rings. The fourth-order valence-corrected chi connectivity index (χ4v) is 5.97. The van der Waals surface area contributed by atoms with E-state index in [0.29, 0.717) is 30.5 Å². The summed E-state index contributed by atoms with van der Waals surface area (Å²) in [6.07, 6.45) is 6.18. The van der Waals surface area contributed by atoms with Crippen LogP contribution in [-0.2, 0) is 14.3 Å². The second kappa shape index (κ2) is 10.2. The van der Waals surface area contributed by atoms with Crippen LogP contribution in [-0.4, -0.2) is 51.6 Å². The van der Waals surface area contributed by atoms with Crippen molar-refractivity contribution in [2.75, 3.05) is 6.54 Å². The zero-order valence-electron chi connectivity index (χ0n) is 21.7. The van der Waals surface area contributed by atoms with Gasteiger partial charge in [-0.1, -0.05) is 19.1 Å². The molecule has 1 aromatic carbocycles. The quantitative estimate of drug-likeness (QED) is 0.298. The normalized spacial score (nSPS) is 27.4. The lowest BCUT2D eigenvalue weighted by molar-refractivity contribution is -0.152. The molecule has 8 heteroatoms. The Labute approximate surface area is 212 Å². The van der Waals surface area contributed by atoms with Gasteiger partial charge in [-0.3, -0.25) is 9.59 Å². The monoisotopic (exact) mass is 499 g/mol. The summed E-state index contributed by atoms with van der Waals surface area (Å²) in [4.78, 5) is 39.9. The van der Waals surface area contributed by atoms with Crippen LogP contribution in [0.2, 0.25) is 0 Å². The van der Waals surface area contributed by atoms with E-state index in [9.17, 15) is 24.6 Å². The van der Waals surface area contributed by atoms with Gasteiger partial charge >= 0.3 is 5.97 Å². The molecule has 1 amide bonds. The Hall–Kier alpha value is -2.87. The van der Waals surface area contributed by atoms with Crippen molar-refractivity contribution >= 4 is 17.7 Å². The number of nitrogens with zero attached hydrogens (tertiary/aromatic N) is 1. The molecule has 0 aromatic heterocycles. The highest BCUT2D eigenvalue weighted by Crippen LogP contribution is 2.56. The molecule has 8 nitrogen and oxygen atoms in total. The van der Waals surface area contributed by atoms with Gasteiger partial charge in [0.15, 0.2) is 6.23 Å². The van der Waals surface area contributed by atoms with Crippen molar-refractivity contribution in [1.29, 1.82) is 0 Å². The molecule has 4 rings (SSSR count). The number of ketones is 1. The second-order valence-corrected chi connectivity index (χ2v) is 10.4. The van der Waals surface area contributed by atoms with E-state index in [1.165, 1.54) is 0 Å². The highest BCUT2D eigenvalue weighted by Gasteiger charge is 2.53. The van der Waals surface area contributed by atoms with Gasteiger partial charge in [0.1, 0.15) is 22.8 Å². The van der Waals surface area contributed by atoms with Crippen molar-refractivity contribution in [3.8, 4) is 11.5 Å². The molecule has 0 radical (unpaired) electrons. The topological polar surface area (TPSA) is 113 Å². The lowest BCUT2D eigenvalue weighted by atomic mass is 9.76. The van der Waals surface area contributed by atoms with Crippen LogP contribution >= 0.6 is 0 Å². The molecule has 6 atom stereocenters. The fourth-order valence-electron chi connectivity index (χ4n) is 5.97. The highest BCUT2D eigenvalue weighted by atomic mass is 16.5. The molecular formula is C28H37NO7. The summed E-state index contributed by atoms with van der Waals surface area (Å²) in [5, 5.41) is 20.8. The summed E-state index contributed by atoms with van der Waals surface area (Å²) in [6, 6.07) is 0. The minimum absolute atomic E-state index is 0.0616. The summed E-state index contributed by atoms with van der Waals surface area (Å²) in [5.41, 5.74) is 1.76. The van der Waals surface area contributed by atoms with Gasteiger partial charge in [-0.25, -0.2) is 4.79 Å². The number of phenols is 1. The average molecular weight is 500 g/mol. The number of aromatic hydroxyl groups is 1. The van der Waals surface area contributed by atoms with Crippen molar-refractivity contribution < 1.29 is 34.1 Å². The highest BCUT2D eigenvalue weighted by molar-refractivity contribution is 6.01. The molecular weight excluding hydrogens is 462 g/mol. The van der Waals surface area contributed by atoms with Gasteiger partial charge in [0.2, 0.25) is 5.91 Å². The number of allylic oxidation sites excluding steroid dienone is 2. The standard InChI is InChI=1S/C28H37NO7/c1-6-7-8-9-10-11-19(30)15(3)26(32)29-13-12-18-24-21-20(14(2)17(5)35-24)16(4)23(31)22(28(33)34)25(21)36-27(18)29/h6-7,14-15,17-18,24,27,31H,8-13H2,1-5H3,(H,33,34)/t14-,15-,17-,18+,24+,27-/m1/s1. The van der Waals surface area contributed by atoms with Crippen LogP contribution in [0.4, 0.5) is 0 Å². The first-order valence-corrected chi connectivity index (χ1v) is 13.0. The third kappa shape index (κ3) is 4.29. The van der Waals surface area contributed by atoms with E-state index in [1.54, 1.807) is 18.7 Å². The Morgan fingerprint density at radius 3 is 2.58 bits per heavy atom. The molecule has 2 N–H and O–H groups in total. The van der Waals surface area contributed by atoms with Crippen LogP contribution in [0.1, 0.15) is 98.9 Å². The predicted molar refractivity (Wildman–Crippen MR) is 133 cm³/mol. The number of carboxylic acids is 1. The number of aromatic carboxylic acids is 1. The Kier molecular flexibility index (Phi) is 7.46. The maximum Gasteiger partial charge on any atom is 0.343 e. The van der Waals surface area contributed by atoms with Crippen LogP contribution in [0.25, 0.3) is 0 Å². The van der Waals surface area contributed by atoms with E-state index in [0.717, 1.165) is 24.8 Å². The molecule has 1 fully saturated rings. The summed E-state index contributed by atoms with van der Waals surface area (Å²) in [6.45, 7) is 9.68. The summed E-state index contributed by atoms with van der Waals surface area (Å²) < 4.78 is 12.7. The fraction of sp³-hybridized carbons (Fsp3) is 0.607. The number of Topliss-reactive ketones (excluding diaryl/α,β-unsaturated/α-hetero) is 1. The zero-order chi connectivity index (χ0) is 26.3. The van der Waals surface area contributed by atoms with E-state index in [1.807, 2.05) is 26.8 Å². The van der Waals surface area contributed by atoms with Gasteiger partial charge in [0, 0.05) is 30.4 Å². The van der Waals surface area contributed by atoms with Crippen LogP contribution in [0.5, 0.6) is 11.5 Å². The molecule has 3 heterocycles. The molecule has 1 saturated heterocycles. The van der Waals surface area contributed by atoms with Crippen molar-refractivity contribution in [2.24, 2.45) is 11.8 Å². The minimum atomic E-state index is -1.30. The number of hydrogen-bond donors (Lipinski definition) is 2. The molecule has 3 aliphatic heterocycles. The van der Waals surface area contributed by atoms with Gasteiger partial charge in [0.05, 0.1) is 18.1 Å². The molecule has 196 valence electrons. The Balaban J connectivity index is 1.63. The molecule has 3 aliphatic rings. The average Bonchev–Trinajstić information content (AvgIpc) is 3.26. The number of carboxylic acid groups (broad SMARTS) is 1. The van der Waals surface area contributed by atoms with Gasteiger partial charge in [0.25, 0.3) is 0 Å². The molecule has 0 aliphatic carbocycles. The van der Waals surface area contributed by atoms with Crippen molar-refractivity contribution in [3.63, 3.8) is 0 Å². The Morgan fingerprint density at radius 2 is 1.92 bits per heavy atom. The maximum absolute atomic E-state index is 13.4. The Bertz CT molecular complexity index is 1090. The molecule has 0 unspecified atom stereocenters. The Morgan fingerprint density at radius 1 is 1.19 bits per heavy atom. The SMILES string of the molecule is CC=CCCCCC(=O)[C@@H](C)C(=O)N1CC[C@H]2[C@@H]3O[C@H](C)[C@@H](C)c4c(C)c(O)c(C(=O)O)c(c43)O[C@H]21. The first kappa shape index (κ1) is 26.2. The number of carbonyl (C=O) groups is 3. The number of ether oxygens (including phenoxy) is 2. The van der Waals surface area contributed by atoms with Crippen molar-refractivity contribution in [2.45, 2.75) is 91.1 Å². The van der Waals surface area contributed by atoms with Gasteiger partial charge in [-0.2, -0.15) is 0 Å². The number of benzene rings is 1.